The molecule has 18 heavy (non-hydrogen) atoms. The predicted molar refractivity (Wildman–Crippen MR) is 79.7 cm³/mol. The maximum absolute atomic E-state index is 3.62. The van der Waals surface area contributed by atoms with Gasteiger partial charge in [0.25, 0.3) is 0 Å². The SMILES string of the molecule is CCC(C)(C)NCC(C)(C)NCc1ccccc1. The molecule has 1 rings (SSSR count). The zero-order chi connectivity index (χ0) is 13.6. The lowest BCUT2D eigenvalue weighted by atomic mass is 9.98. The van der Waals surface area contributed by atoms with Gasteiger partial charge in [-0.05, 0) is 39.7 Å². The van der Waals surface area contributed by atoms with Crippen molar-refractivity contribution >= 4 is 0 Å². The van der Waals surface area contributed by atoms with Gasteiger partial charge in [0.2, 0.25) is 0 Å². The molecular formula is C16H28N2. The molecule has 1 aromatic rings. The van der Waals surface area contributed by atoms with Crippen LogP contribution in [-0.2, 0) is 6.54 Å². The first-order chi connectivity index (χ1) is 8.35. The van der Waals surface area contributed by atoms with Crippen LogP contribution in [0.5, 0.6) is 0 Å². The molecule has 102 valence electrons. The van der Waals surface area contributed by atoms with Gasteiger partial charge in [-0.15, -0.1) is 0 Å². The highest BCUT2D eigenvalue weighted by atomic mass is 15.0. The van der Waals surface area contributed by atoms with Gasteiger partial charge in [0.05, 0.1) is 0 Å². The van der Waals surface area contributed by atoms with Crippen LogP contribution in [0.3, 0.4) is 0 Å². The third-order valence-corrected chi connectivity index (χ3v) is 3.51. The van der Waals surface area contributed by atoms with E-state index < -0.39 is 0 Å². The molecular weight excluding hydrogens is 220 g/mol. The Kier molecular flexibility index (Phi) is 5.36. The quantitative estimate of drug-likeness (QED) is 0.773. The third-order valence-electron chi connectivity index (χ3n) is 3.51. The van der Waals surface area contributed by atoms with Crippen molar-refractivity contribution in [2.24, 2.45) is 0 Å². The highest BCUT2D eigenvalue weighted by molar-refractivity contribution is 5.14. The van der Waals surface area contributed by atoms with E-state index in [1.165, 1.54) is 5.56 Å². The number of benzene rings is 1. The van der Waals surface area contributed by atoms with Crippen molar-refractivity contribution in [2.45, 2.75) is 58.7 Å². The van der Waals surface area contributed by atoms with Crippen molar-refractivity contribution in [2.75, 3.05) is 6.54 Å². The summed E-state index contributed by atoms with van der Waals surface area (Å²) in [5.41, 5.74) is 1.65. The van der Waals surface area contributed by atoms with Crippen molar-refractivity contribution in [1.82, 2.24) is 10.6 Å². The summed E-state index contributed by atoms with van der Waals surface area (Å²) in [7, 11) is 0. The van der Waals surface area contributed by atoms with Gasteiger partial charge in [-0.3, -0.25) is 0 Å². The number of hydrogen-bond donors (Lipinski definition) is 2. The van der Waals surface area contributed by atoms with E-state index in [0.29, 0.717) is 0 Å². The van der Waals surface area contributed by atoms with Gasteiger partial charge < -0.3 is 10.6 Å². The Hall–Kier alpha value is -0.860. The van der Waals surface area contributed by atoms with E-state index >= 15 is 0 Å². The average Bonchev–Trinajstić information content (AvgIpc) is 2.36. The van der Waals surface area contributed by atoms with Gasteiger partial charge in [-0.1, -0.05) is 37.3 Å². The minimum atomic E-state index is 0.0995. The predicted octanol–water partition coefficient (Wildman–Crippen LogP) is 3.33. The summed E-state index contributed by atoms with van der Waals surface area (Å²) in [6.45, 7) is 13.1. The third kappa shape index (κ3) is 5.65. The van der Waals surface area contributed by atoms with E-state index in [4.69, 9.17) is 0 Å². The van der Waals surface area contributed by atoms with Crippen LogP contribution in [0.25, 0.3) is 0 Å². The second kappa shape index (κ2) is 6.35. The maximum Gasteiger partial charge on any atom is 0.0253 e. The summed E-state index contributed by atoms with van der Waals surface area (Å²) in [6, 6.07) is 10.5. The molecule has 0 amide bonds. The van der Waals surface area contributed by atoms with Gasteiger partial charge in [-0.2, -0.15) is 0 Å². The molecule has 0 aliphatic carbocycles. The summed E-state index contributed by atoms with van der Waals surface area (Å²) < 4.78 is 0. The van der Waals surface area contributed by atoms with E-state index in [1.54, 1.807) is 0 Å². The fraction of sp³-hybridized carbons (Fsp3) is 0.625. The first-order valence-electron chi connectivity index (χ1n) is 6.89. The van der Waals surface area contributed by atoms with Crippen LogP contribution in [0.2, 0.25) is 0 Å². The second-order valence-electron chi connectivity index (χ2n) is 6.31. The lowest BCUT2D eigenvalue weighted by molar-refractivity contribution is 0.294. The molecule has 0 radical (unpaired) electrons. The molecule has 2 heteroatoms. The zero-order valence-corrected chi connectivity index (χ0v) is 12.5. The molecule has 0 atom stereocenters. The second-order valence-corrected chi connectivity index (χ2v) is 6.31. The largest absolute Gasteiger partial charge is 0.310 e. The first kappa shape index (κ1) is 15.2. The van der Waals surface area contributed by atoms with Crippen LogP contribution in [0.15, 0.2) is 30.3 Å². The minimum Gasteiger partial charge on any atom is -0.310 e. The Labute approximate surface area is 112 Å². The normalized spacial score (nSPS) is 12.7. The molecule has 0 bridgehead atoms. The summed E-state index contributed by atoms with van der Waals surface area (Å²) in [4.78, 5) is 0. The fourth-order valence-electron chi connectivity index (χ4n) is 1.58. The standard InChI is InChI=1S/C16H28N2/c1-6-15(2,3)18-13-16(4,5)17-12-14-10-8-7-9-11-14/h7-11,17-18H,6,12-13H2,1-5H3. The highest BCUT2D eigenvalue weighted by Gasteiger charge is 2.21. The average molecular weight is 248 g/mol. The van der Waals surface area contributed by atoms with Crippen molar-refractivity contribution < 1.29 is 0 Å². The summed E-state index contributed by atoms with van der Waals surface area (Å²) >= 11 is 0. The maximum atomic E-state index is 3.62. The summed E-state index contributed by atoms with van der Waals surface area (Å²) in [5, 5.41) is 7.23. The Morgan fingerprint density at radius 3 is 2.06 bits per heavy atom. The molecule has 2 N–H and O–H groups in total. The molecule has 0 heterocycles. The Bertz CT molecular complexity index is 341. The van der Waals surface area contributed by atoms with E-state index in [0.717, 1.165) is 19.5 Å². The topological polar surface area (TPSA) is 24.1 Å². The van der Waals surface area contributed by atoms with E-state index in [-0.39, 0.29) is 11.1 Å². The van der Waals surface area contributed by atoms with Crippen molar-refractivity contribution in [3.05, 3.63) is 35.9 Å². The van der Waals surface area contributed by atoms with Gasteiger partial charge in [0, 0.05) is 24.2 Å². The minimum absolute atomic E-state index is 0.0995. The number of rotatable bonds is 7. The lowest BCUT2D eigenvalue weighted by Gasteiger charge is -2.33. The Morgan fingerprint density at radius 1 is 0.889 bits per heavy atom. The van der Waals surface area contributed by atoms with Gasteiger partial charge in [0.15, 0.2) is 0 Å². The summed E-state index contributed by atoms with van der Waals surface area (Å²) in [6.07, 6.45) is 1.14. The molecule has 0 unspecified atom stereocenters. The van der Waals surface area contributed by atoms with Crippen LogP contribution < -0.4 is 10.6 Å². The molecule has 0 saturated heterocycles. The molecule has 2 nitrogen and oxygen atoms in total. The highest BCUT2D eigenvalue weighted by Crippen LogP contribution is 2.10. The van der Waals surface area contributed by atoms with Crippen molar-refractivity contribution in [3.8, 4) is 0 Å². The van der Waals surface area contributed by atoms with Crippen LogP contribution in [0, 0.1) is 0 Å². The van der Waals surface area contributed by atoms with E-state index in [1.807, 2.05) is 0 Å². The Morgan fingerprint density at radius 2 is 1.50 bits per heavy atom. The monoisotopic (exact) mass is 248 g/mol. The van der Waals surface area contributed by atoms with Crippen LogP contribution in [0.1, 0.15) is 46.6 Å². The first-order valence-corrected chi connectivity index (χ1v) is 6.89. The van der Waals surface area contributed by atoms with Crippen LogP contribution in [0.4, 0.5) is 0 Å². The van der Waals surface area contributed by atoms with E-state index in [2.05, 4.69) is 75.6 Å². The van der Waals surface area contributed by atoms with Crippen molar-refractivity contribution in [3.63, 3.8) is 0 Å². The number of nitrogens with one attached hydrogen (secondary N) is 2. The van der Waals surface area contributed by atoms with Crippen molar-refractivity contribution in [1.29, 1.82) is 0 Å². The molecule has 1 aromatic carbocycles. The summed E-state index contributed by atoms with van der Waals surface area (Å²) in [5.74, 6) is 0. The zero-order valence-electron chi connectivity index (χ0n) is 12.5. The molecule has 0 aliphatic heterocycles. The smallest absolute Gasteiger partial charge is 0.0253 e. The number of hydrogen-bond acceptors (Lipinski definition) is 2. The Balaban J connectivity index is 2.40. The molecule has 0 fully saturated rings. The molecule has 0 saturated carbocycles. The fourth-order valence-corrected chi connectivity index (χ4v) is 1.58. The van der Waals surface area contributed by atoms with Gasteiger partial charge >= 0.3 is 0 Å². The van der Waals surface area contributed by atoms with E-state index in [9.17, 15) is 0 Å². The molecule has 0 spiro atoms. The van der Waals surface area contributed by atoms with Crippen LogP contribution >= 0.6 is 0 Å². The van der Waals surface area contributed by atoms with Crippen LogP contribution in [-0.4, -0.2) is 17.6 Å². The molecule has 0 aromatic heterocycles. The molecule has 0 aliphatic rings. The van der Waals surface area contributed by atoms with Gasteiger partial charge in [-0.25, -0.2) is 0 Å². The lowest BCUT2D eigenvalue weighted by Crippen LogP contribution is -2.52. The van der Waals surface area contributed by atoms with Gasteiger partial charge in [0.1, 0.15) is 0 Å².